The summed E-state index contributed by atoms with van der Waals surface area (Å²) >= 11 is 0. The predicted octanol–water partition coefficient (Wildman–Crippen LogP) is -0.683. The lowest BCUT2D eigenvalue weighted by molar-refractivity contribution is 0.292. The zero-order valence-electron chi connectivity index (χ0n) is 5.96. The Morgan fingerprint density at radius 2 is 2.56 bits per heavy atom. The Morgan fingerprint density at radius 1 is 2.00 bits per heavy atom. The third kappa shape index (κ3) is 3.21. The van der Waals surface area contributed by atoms with E-state index in [1.165, 1.54) is 6.08 Å². The second-order valence-electron chi connectivity index (χ2n) is 1.80. The van der Waals surface area contributed by atoms with Gasteiger partial charge in [0.25, 0.3) is 0 Å². The monoisotopic (exact) mass is 143 g/mol. The van der Waals surface area contributed by atoms with Crippen LogP contribution >= 0.6 is 0 Å². The zero-order valence-corrected chi connectivity index (χ0v) is 7.96. The Labute approximate surface area is 58.7 Å². The largest absolute Gasteiger partial charge is 0.384 e. The fourth-order valence-electron chi connectivity index (χ4n) is 0.513. The zero-order chi connectivity index (χ0) is 7.28. The average molecular weight is 143 g/mol. The molecule has 0 heterocycles. The molecule has 0 aromatic heterocycles. The summed E-state index contributed by atoms with van der Waals surface area (Å²) in [6, 6.07) is 0. The van der Waals surface area contributed by atoms with Gasteiger partial charge in [-0.2, -0.15) is 0 Å². The van der Waals surface area contributed by atoms with Crippen LogP contribution in [-0.2, 0) is 0 Å². The fourth-order valence-corrected chi connectivity index (χ4v) is 1.07. The molecule has 52 valence electrons. The van der Waals surface area contributed by atoms with Crippen molar-refractivity contribution in [3.63, 3.8) is 0 Å². The Balaban J connectivity index is 3.84. The van der Waals surface area contributed by atoms with E-state index in [1.807, 2.05) is 6.92 Å². The minimum atomic E-state index is -0.503. The number of aliphatic hydroxyl groups excluding tert-OH is 1. The molecule has 0 saturated carbocycles. The van der Waals surface area contributed by atoms with Gasteiger partial charge in [-0.3, -0.25) is 4.99 Å². The van der Waals surface area contributed by atoms with E-state index in [0.29, 0.717) is 0 Å². The smallest absolute Gasteiger partial charge is 0.104 e. The summed E-state index contributed by atoms with van der Waals surface area (Å²) in [5.74, 6) is 0. The maximum Gasteiger partial charge on any atom is 0.104 e. The molecule has 0 amide bonds. The molecule has 9 heavy (non-hydrogen) atoms. The van der Waals surface area contributed by atoms with Crippen molar-refractivity contribution in [1.29, 1.82) is 0 Å². The molecule has 0 aromatic carbocycles. The Morgan fingerprint density at radius 3 is 2.89 bits per heavy atom. The van der Waals surface area contributed by atoms with Crippen molar-refractivity contribution in [1.82, 2.24) is 0 Å². The highest BCUT2D eigenvalue weighted by Gasteiger charge is 1.98. The van der Waals surface area contributed by atoms with Crippen molar-refractivity contribution in [2.24, 2.45) is 4.99 Å². The minimum Gasteiger partial charge on any atom is -0.384 e. The number of nitrogens with zero attached hydrogens (tertiary/aromatic N) is 1. The lowest BCUT2D eigenvalue weighted by atomic mass is 10.4. The van der Waals surface area contributed by atoms with Crippen LogP contribution in [0.15, 0.2) is 17.6 Å². The standard InChI is InChI=1S/C6H13NOSi/c1-3-5(8)6(9)7-4-2/h3,5,8H,1,4H2,2,9H3. The second-order valence-corrected chi connectivity index (χ2v) is 2.82. The van der Waals surface area contributed by atoms with Crippen molar-refractivity contribution in [3.05, 3.63) is 12.7 Å². The lowest BCUT2D eigenvalue weighted by Gasteiger charge is -2.02. The summed E-state index contributed by atoms with van der Waals surface area (Å²) in [5, 5.41) is 9.91. The molecule has 0 fully saturated rings. The molecule has 0 aliphatic rings. The summed E-state index contributed by atoms with van der Waals surface area (Å²) in [7, 11) is 0.821. The summed E-state index contributed by atoms with van der Waals surface area (Å²) in [6.07, 6.45) is 0.998. The minimum absolute atomic E-state index is 0.503. The number of aliphatic imine (C=N–C) groups is 1. The molecule has 0 bridgehead atoms. The van der Waals surface area contributed by atoms with Gasteiger partial charge in [0, 0.05) is 11.9 Å². The second kappa shape index (κ2) is 4.46. The van der Waals surface area contributed by atoms with Gasteiger partial charge in [0.15, 0.2) is 0 Å². The molecule has 0 saturated heterocycles. The Kier molecular flexibility index (Phi) is 4.26. The van der Waals surface area contributed by atoms with E-state index in [-0.39, 0.29) is 0 Å². The molecule has 1 atom stereocenters. The van der Waals surface area contributed by atoms with E-state index in [2.05, 4.69) is 11.6 Å². The normalized spacial score (nSPS) is 15.6. The first-order valence-electron chi connectivity index (χ1n) is 3.04. The first-order valence-corrected chi connectivity index (χ1v) is 4.04. The first kappa shape index (κ1) is 8.59. The molecule has 0 spiro atoms. The van der Waals surface area contributed by atoms with Crippen LogP contribution in [0.3, 0.4) is 0 Å². The molecule has 3 heteroatoms. The van der Waals surface area contributed by atoms with Gasteiger partial charge in [0.05, 0.1) is 10.2 Å². The summed E-state index contributed by atoms with van der Waals surface area (Å²) in [6.45, 7) is 6.16. The van der Waals surface area contributed by atoms with Gasteiger partial charge in [-0.1, -0.05) is 6.08 Å². The van der Waals surface area contributed by atoms with Gasteiger partial charge in [-0.25, -0.2) is 0 Å². The third-order valence-electron chi connectivity index (χ3n) is 1.06. The number of hydrogen-bond acceptors (Lipinski definition) is 2. The Hall–Kier alpha value is -0.413. The molecular formula is C6H13NOSi. The molecule has 0 radical (unpaired) electrons. The van der Waals surface area contributed by atoms with Gasteiger partial charge in [-0.05, 0) is 6.92 Å². The summed E-state index contributed by atoms with van der Waals surface area (Å²) < 4.78 is 0. The van der Waals surface area contributed by atoms with Crippen LogP contribution in [-0.4, -0.2) is 33.3 Å². The molecule has 0 aliphatic heterocycles. The van der Waals surface area contributed by atoms with Crippen molar-refractivity contribution >= 4 is 15.6 Å². The predicted molar refractivity (Wildman–Crippen MR) is 44.1 cm³/mol. The summed E-state index contributed by atoms with van der Waals surface area (Å²) in [5.41, 5.74) is 0. The van der Waals surface area contributed by atoms with Crippen molar-refractivity contribution < 1.29 is 5.11 Å². The highest BCUT2D eigenvalue weighted by Crippen LogP contribution is 1.85. The fraction of sp³-hybridized carbons (Fsp3) is 0.500. The molecule has 0 aliphatic carbocycles. The number of aliphatic hydroxyl groups is 1. The van der Waals surface area contributed by atoms with Crippen LogP contribution in [0.4, 0.5) is 0 Å². The van der Waals surface area contributed by atoms with Gasteiger partial charge in [0.2, 0.25) is 0 Å². The molecule has 1 N–H and O–H groups in total. The van der Waals surface area contributed by atoms with Crippen LogP contribution in [0, 0.1) is 0 Å². The molecule has 0 aromatic rings. The van der Waals surface area contributed by atoms with Crippen LogP contribution in [0.5, 0.6) is 0 Å². The van der Waals surface area contributed by atoms with E-state index in [4.69, 9.17) is 5.11 Å². The Bertz CT molecular complexity index is 122. The molecule has 2 nitrogen and oxygen atoms in total. The van der Waals surface area contributed by atoms with Crippen LogP contribution in [0.2, 0.25) is 0 Å². The van der Waals surface area contributed by atoms with E-state index in [0.717, 1.165) is 22.1 Å². The lowest BCUT2D eigenvalue weighted by Crippen LogP contribution is -2.17. The first-order chi connectivity index (χ1) is 4.22. The van der Waals surface area contributed by atoms with Crippen molar-refractivity contribution in [2.75, 3.05) is 6.54 Å². The van der Waals surface area contributed by atoms with E-state index >= 15 is 0 Å². The van der Waals surface area contributed by atoms with Gasteiger partial charge in [0.1, 0.15) is 6.10 Å². The van der Waals surface area contributed by atoms with Gasteiger partial charge < -0.3 is 5.11 Å². The van der Waals surface area contributed by atoms with Crippen LogP contribution in [0.1, 0.15) is 6.92 Å². The maximum absolute atomic E-state index is 9.04. The average Bonchev–Trinajstić information content (AvgIpc) is 1.87. The number of hydrogen-bond donors (Lipinski definition) is 1. The van der Waals surface area contributed by atoms with E-state index in [1.54, 1.807) is 0 Å². The van der Waals surface area contributed by atoms with Crippen molar-refractivity contribution in [2.45, 2.75) is 13.0 Å². The maximum atomic E-state index is 9.04. The van der Waals surface area contributed by atoms with E-state index < -0.39 is 6.10 Å². The van der Waals surface area contributed by atoms with Gasteiger partial charge >= 0.3 is 0 Å². The molecular weight excluding hydrogens is 130 g/mol. The highest BCUT2D eigenvalue weighted by molar-refractivity contribution is 6.61. The highest BCUT2D eigenvalue weighted by atomic mass is 28.1. The SMILES string of the molecule is C=CC(O)C([SiH3])=NCC. The van der Waals surface area contributed by atoms with Gasteiger partial charge in [-0.15, -0.1) is 6.58 Å². The topological polar surface area (TPSA) is 32.6 Å². The van der Waals surface area contributed by atoms with Crippen molar-refractivity contribution in [3.8, 4) is 0 Å². The van der Waals surface area contributed by atoms with Crippen LogP contribution < -0.4 is 0 Å². The van der Waals surface area contributed by atoms with E-state index in [9.17, 15) is 0 Å². The number of rotatable bonds is 3. The third-order valence-corrected chi connectivity index (χ3v) is 1.97. The quantitative estimate of drug-likeness (QED) is 0.317. The van der Waals surface area contributed by atoms with Crippen LogP contribution in [0.25, 0.3) is 0 Å². The molecule has 1 unspecified atom stereocenters. The molecule has 0 rings (SSSR count). The summed E-state index contributed by atoms with van der Waals surface area (Å²) in [4.78, 5) is 4.05.